The zero-order chi connectivity index (χ0) is 19.4. The highest BCUT2D eigenvalue weighted by Gasteiger charge is 2.25. The Morgan fingerprint density at radius 2 is 2.15 bits per heavy atom. The highest BCUT2D eigenvalue weighted by atomic mass is 19.1. The molecule has 1 aliphatic heterocycles. The van der Waals surface area contributed by atoms with Crippen LogP contribution < -0.4 is 10.1 Å². The third-order valence-electron chi connectivity index (χ3n) is 4.08. The third kappa shape index (κ3) is 5.13. The van der Waals surface area contributed by atoms with E-state index in [1.165, 1.54) is 0 Å². The second kappa shape index (κ2) is 8.30. The lowest BCUT2D eigenvalue weighted by Crippen LogP contribution is -2.49. The molecule has 1 aliphatic rings. The minimum Gasteiger partial charge on any atom is -0.488 e. The largest absolute Gasteiger partial charge is 0.488 e. The lowest BCUT2D eigenvalue weighted by atomic mass is 10.2. The first kappa shape index (κ1) is 19.0. The molecule has 1 fully saturated rings. The summed E-state index contributed by atoms with van der Waals surface area (Å²) in [5, 5.41) is 2.77. The maximum Gasteiger partial charge on any atom is 0.323 e. The summed E-state index contributed by atoms with van der Waals surface area (Å²) in [7, 11) is 0. The number of hydrogen-bond acceptors (Lipinski definition) is 4. The standard InChI is InChI=1S/C19H21F2N3O3/c1-12-7-13(2)22-18(8-12)23-19(25)24-5-6-26-15(10-24)11-27-17-9-14(20)3-4-16(17)21/h3-4,7-9,15H,5-6,10-11H2,1-2H3,(H,22,23,25). The Kier molecular flexibility index (Phi) is 5.85. The van der Waals surface area contributed by atoms with E-state index in [1.54, 1.807) is 11.0 Å². The van der Waals surface area contributed by atoms with E-state index in [9.17, 15) is 13.6 Å². The number of carbonyl (C=O) groups excluding carboxylic acids is 1. The first-order chi connectivity index (χ1) is 12.9. The van der Waals surface area contributed by atoms with Gasteiger partial charge in [-0.2, -0.15) is 0 Å². The number of benzene rings is 1. The van der Waals surface area contributed by atoms with Gasteiger partial charge in [0, 0.05) is 18.3 Å². The summed E-state index contributed by atoms with van der Waals surface area (Å²) >= 11 is 0. The maximum atomic E-state index is 13.6. The number of nitrogens with one attached hydrogen (secondary N) is 1. The average molecular weight is 377 g/mol. The van der Waals surface area contributed by atoms with Gasteiger partial charge in [0.15, 0.2) is 11.6 Å². The maximum absolute atomic E-state index is 13.6. The predicted octanol–water partition coefficient (Wildman–Crippen LogP) is 3.29. The Balaban J connectivity index is 1.56. The summed E-state index contributed by atoms with van der Waals surface area (Å²) in [6, 6.07) is 6.42. The predicted molar refractivity (Wildman–Crippen MR) is 95.9 cm³/mol. The minimum atomic E-state index is -0.650. The lowest BCUT2D eigenvalue weighted by molar-refractivity contribution is -0.0342. The van der Waals surface area contributed by atoms with E-state index in [1.807, 2.05) is 19.9 Å². The van der Waals surface area contributed by atoms with Crippen LogP contribution in [0.25, 0.3) is 0 Å². The Hall–Kier alpha value is -2.74. The van der Waals surface area contributed by atoms with Gasteiger partial charge in [0.05, 0.1) is 13.2 Å². The van der Waals surface area contributed by atoms with Crippen LogP contribution in [0.3, 0.4) is 0 Å². The van der Waals surface area contributed by atoms with Crippen LogP contribution in [0.4, 0.5) is 19.4 Å². The molecule has 0 saturated carbocycles. The van der Waals surface area contributed by atoms with E-state index in [0.717, 1.165) is 29.5 Å². The molecule has 144 valence electrons. The minimum absolute atomic E-state index is 0.00591. The molecule has 1 atom stereocenters. The van der Waals surface area contributed by atoms with E-state index < -0.39 is 17.7 Å². The van der Waals surface area contributed by atoms with Gasteiger partial charge in [-0.15, -0.1) is 0 Å². The number of aromatic nitrogens is 1. The van der Waals surface area contributed by atoms with Crippen molar-refractivity contribution in [2.45, 2.75) is 20.0 Å². The lowest BCUT2D eigenvalue weighted by Gasteiger charge is -2.32. The van der Waals surface area contributed by atoms with Crippen LogP contribution in [0.2, 0.25) is 0 Å². The van der Waals surface area contributed by atoms with Gasteiger partial charge in [-0.25, -0.2) is 18.6 Å². The Labute approximate surface area is 156 Å². The quantitative estimate of drug-likeness (QED) is 0.888. The van der Waals surface area contributed by atoms with Crippen LogP contribution in [-0.4, -0.2) is 48.3 Å². The molecule has 1 N–H and O–H groups in total. The molecule has 0 bridgehead atoms. The number of halogens is 2. The van der Waals surface area contributed by atoms with E-state index in [0.29, 0.717) is 19.0 Å². The molecule has 1 aromatic carbocycles. The van der Waals surface area contributed by atoms with Gasteiger partial charge < -0.3 is 14.4 Å². The van der Waals surface area contributed by atoms with Crippen molar-refractivity contribution in [2.75, 3.05) is 31.6 Å². The number of rotatable bonds is 4. The van der Waals surface area contributed by atoms with E-state index in [4.69, 9.17) is 9.47 Å². The van der Waals surface area contributed by atoms with Crippen LogP contribution in [0.1, 0.15) is 11.3 Å². The molecule has 1 saturated heterocycles. The van der Waals surface area contributed by atoms with Gasteiger partial charge in [-0.1, -0.05) is 0 Å². The molecule has 0 aliphatic carbocycles. The zero-order valence-electron chi connectivity index (χ0n) is 15.2. The van der Waals surface area contributed by atoms with E-state index >= 15 is 0 Å². The molecule has 0 radical (unpaired) electrons. The van der Waals surface area contributed by atoms with Crippen LogP contribution in [0.5, 0.6) is 5.75 Å². The molecule has 1 aromatic heterocycles. The number of urea groups is 1. The van der Waals surface area contributed by atoms with Gasteiger partial charge in [-0.05, 0) is 43.7 Å². The fourth-order valence-corrected chi connectivity index (χ4v) is 2.87. The van der Waals surface area contributed by atoms with Crippen molar-refractivity contribution >= 4 is 11.8 Å². The summed E-state index contributed by atoms with van der Waals surface area (Å²) < 4.78 is 37.7. The van der Waals surface area contributed by atoms with Gasteiger partial charge >= 0.3 is 6.03 Å². The monoisotopic (exact) mass is 377 g/mol. The summed E-state index contributed by atoms with van der Waals surface area (Å²) in [5.74, 6) is -0.932. The number of carbonyl (C=O) groups is 1. The first-order valence-corrected chi connectivity index (χ1v) is 8.61. The SMILES string of the molecule is Cc1cc(C)nc(NC(=O)N2CCOC(COc3cc(F)ccc3F)C2)c1. The van der Waals surface area contributed by atoms with Crippen molar-refractivity contribution in [1.29, 1.82) is 0 Å². The normalized spacial score (nSPS) is 16.9. The molecule has 0 spiro atoms. The van der Waals surface area contributed by atoms with Crippen LogP contribution in [0, 0.1) is 25.5 Å². The third-order valence-corrected chi connectivity index (χ3v) is 4.08. The molecular formula is C19H21F2N3O3. The van der Waals surface area contributed by atoms with E-state index in [-0.39, 0.29) is 24.9 Å². The smallest absolute Gasteiger partial charge is 0.323 e. The summed E-state index contributed by atoms with van der Waals surface area (Å²) in [6.45, 7) is 4.81. The Morgan fingerprint density at radius 3 is 2.93 bits per heavy atom. The molecule has 2 heterocycles. The fourth-order valence-electron chi connectivity index (χ4n) is 2.87. The molecule has 2 aromatic rings. The number of morpholine rings is 1. The summed E-state index contributed by atoms with van der Waals surface area (Å²) in [4.78, 5) is 18.3. The number of amides is 2. The topological polar surface area (TPSA) is 63.7 Å². The van der Waals surface area contributed by atoms with Gasteiger partial charge in [0.1, 0.15) is 24.3 Å². The second-order valence-electron chi connectivity index (χ2n) is 6.43. The van der Waals surface area contributed by atoms with Crippen LogP contribution in [0.15, 0.2) is 30.3 Å². The van der Waals surface area contributed by atoms with Crippen molar-refractivity contribution in [3.8, 4) is 5.75 Å². The van der Waals surface area contributed by atoms with Crippen molar-refractivity contribution in [1.82, 2.24) is 9.88 Å². The number of aryl methyl sites for hydroxylation is 2. The highest BCUT2D eigenvalue weighted by molar-refractivity contribution is 5.88. The van der Waals surface area contributed by atoms with Crippen molar-refractivity contribution in [3.63, 3.8) is 0 Å². The van der Waals surface area contributed by atoms with Crippen molar-refractivity contribution in [2.24, 2.45) is 0 Å². The van der Waals surface area contributed by atoms with Crippen molar-refractivity contribution in [3.05, 3.63) is 53.2 Å². The Bertz CT molecular complexity index is 812. The molecule has 27 heavy (non-hydrogen) atoms. The number of hydrogen-bond donors (Lipinski definition) is 1. The summed E-state index contributed by atoms with van der Waals surface area (Å²) in [5.41, 5.74) is 1.82. The van der Waals surface area contributed by atoms with Crippen LogP contribution in [-0.2, 0) is 4.74 Å². The van der Waals surface area contributed by atoms with Gasteiger partial charge in [0.25, 0.3) is 0 Å². The van der Waals surface area contributed by atoms with Gasteiger partial charge in [0.2, 0.25) is 0 Å². The molecular weight excluding hydrogens is 356 g/mol. The second-order valence-corrected chi connectivity index (χ2v) is 6.43. The Morgan fingerprint density at radius 1 is 1.33 bits per heavy atom. The molecule has 3 rings (SSSR count). The summed E-state index contributed by atoms with van der Waals surface area (Å²) in [6.07, 6.45) is -0.445. The zero-order valence-corrected chi connectivity index (χ0v) is 15.2. The first-order valence-electron chi connectivity index (χ1n) is 8.61. The highest BCUT2D eigenvalue weighted by Crippen LogP contribution is 2.19. The van der Waals surface area contributed by atoms with Crippen molar-refractivity contribution < 1.29 is 23.0 Å². The molecule has 2 amide bonds. The number of nitrogens with zero attached hydrogens (tertiary/aromatic N) is 2. The van der Waals surface area contributed by atoms with Crippen LogP contribution >= 0.6 is 0 Å². The fraction of sp³-hybridized carbons (Fsp3) is 0.368. The molecule has 8 heteroatoms. The molecule has 1 unspecified atom stereocenters. The molecule has 6 nitrogen and oxygen atoms in total. The number of pyridine rings is 1. The average Bonchev–Trinajstić information content (AvgIpc) is 2.62. The van der Waals surface area contributed by atoms with Gasteiger partial charge in [-0.3, -0.25) is 5.32 Å². The van der Waals surface area contributed by atoms with E-state index in [2.05, 4.69) is 10.3 Å². The number of anilines is 1. The number of ether oxygens (including phenoxy) is 2.